The molecule has 0 bridgehead atoms. The Kier molecular flexibility index (Phi) is 11.8. The maximum absolute atomic E-state index is 5.62. The summed E-state index contributed by atoms with van der Waals surface area (Å²) in [6.45, 7) is 21.1. The van der Waals surface area contributed by atoms with Crippen molar-refractivity contribution in [3.05, 3.63) is 93.4 Å². The van der Waals surface area contributed by atoms with Crippen molar-refractivity contribution in [2.24, 2.45) is 5.92 Å². The summed E-state index contributed by atoms with van der Waals surface area (Å²) in [4.78, 5) is 0. The zero-order chi connectivity index (χ0) is 27.7. The molecule has 204 valence electrons. The van der Waals surface area contributed by atoms with Crippen molar-refractivity contribution < 1.29 is 12.3 Å². The highest BCUT2D eigenvalue weighted by Gasteiger charge is 2.34. The SMILES string of the molecule is C=Cc1cc(C(C)C2=CC(C)=C(C3SC=C(c4cccc(C)c4)C3C)C2)cc(OC)c1OC.CC.CC.[HH].[HH]. The molecule has 0 saturated carbocycles. The maximum atomic E-state index is 5.62. The largest absolute Gasteiger partial charge is 0.493 e. The Labute approximate surface area is 233 Å². The number of hydrogen-bond acceptors (Lipinski definition) is 3. The molecule has 0 fully saturated rings. The highest BCUT2D eigenvalue weighted by molar-refractivity contribution is 8.03. The number of methoxy groups -OCH3 is 2. The van der Waals surface area contributed by atoms with Crippen LogP contribution in [0.25, 0.3) is 11.6 Å². The molecule has 0 amide bonds. The second kappa shape index (κ2) is 14.3. The Balaban J connectivity index is 0.00000230. The summed E-state index contributed by atoms with van der Waals surface area (Å²) >= 11 is 1.98. The van der Waals surface area contributed by atoms with Gasteiger partial charge >= 0.3 is 0 Å². The van der Waals surface area contributed by atoms with Crippen molar-refractivity contribution in [2.45, 2.75) is 73.0 Å². The quantitative estimate of drug-likeness (QED) is 0.360. The van der Waals surface area contributed by atoms with E-state index in [1.54, 1.807) is 19.8 Å². The molecule has 3 atom stereocenters. The van der Waals surface area contributed by atoms with E-state index < -0.39 is 0 Å². The molecule has 3 heteroatoms. The van der Waals surface area contributed by atoms with Crippen molar-refractivity contribution in [1.29, 1.82) is 0 Å². The van der Waals surface area contributed by atoms with Crippen LogP contribution < -0.4 is 9.47 Å². The summed E-state index contributed by atoms with van der Waals surface area (Å²) in [6, 6.07) is 13.2. The summed E-state index contributed by atoms with van der Waals surface area (Å²) in [6.07, 6.45) is 5.27. The van der Waals surface area contributed by atoms with Gasteiger partial charge in [-0.15, -0.1) is 11.8 Å². The molecule has 1 aliphatic carbocycles. The van der Waals surface area contributed by atoms with Crippen molar-refractivity contribution in [1.82, 2.24) is 0 Å². The predicted octanol–water partition coefficient (Wildman–Crippen LogP) is 10.7. The topological polar surface area (TPSA) is 18.5 Å². The molecule has 0 saturated heterocycles. The lowest BCUT2D eigenvalue weighted by molar-refractivity contribution is 0.354. The van der Waals surface area contributed by atoms with E-state index in [-0.39, 0.29) is 2.85 Å². The molecule has 0 N–H and O–H groups in total. The predicted molar refractivity (Wildman–Crippen MR) is 170 cm³/mol. The molecule has 1 heterocycles. The van der Waals surface area contributed by atoms with Crippen molar-refractivity contribution in [3.63, 3.8) is 0 Å². The lowest BCUT2D eigenvalue weighted by Crippen LogP contribution is -2.15. The summed E-state index contributed by atoms with van der Waals surface area (Å²) in [5, 5.41) is 2.88. The molecule has 4 rings (SSSR count). The van der Waals surface area contributed by atoms with Crippen LogP contribution in [-0.4, -0.2) is 19.5 Å². The number of ether oxygens (including phenoxy) is 2. The van der Waals surface area contributed by atoms with Crippen LogP contribution in [-0.2, 0) is 0 Å². The van der Waals surface area contributed by atoms with Gasteiger partial charge in [0.1, 0.15) is 0 Å². The lowest BCUT2D eigenvalue weighted by Gasteiger charge is -2.23. The molecule has 2 aromatic rings. The van der Waals surface area contributed by atoms with Gasteiger partial charge in [-0.2, -0.15) is 0 Å². The van der Waals surface area contributed by atoms with Gasteiger partial charge in [0.2, 0.25) is 0 Å². The van der Waals surface area contributed by atoms with Crippen LogP contribution in [0, 0.1) is 12.8 Å². The summed E-state index contributed by atoms with van der Waals surface area (Å²) in [7, 11) is 3.36. The average Bonchev–Trinajstić information content (AvgIpc) is 3.51. The highest BCUT2D eigenvalue weighted by atomic mass is 32.2. The van der Waals surface area contributed by atoms with Gasteiger partial charge in [0.15, 0.2) is 11.5 Å². The molecule has 2 aliphatic rings. The number of hydrogen-bond donors (Lipinski definition) is 0. The Morgan fingerprint density at radius 3 is 2.35 bits per heavy atom. The minimum Gasteiger partial charge on any atom is -0.493 e. The summed E-state index contributed by atoms with van der Waals surface area (Å²) in [5.74, 6) is 2.29. The van der Waals surface area contributed by atoms with E-state index in [0.717, 1.165) is 23.5 Å². The van der Waals surface area contributed by atoms with Gasteiger partial charge < -0.3 is 9.47 Å². The van der Waals surface area contributed by atoms with Crippen LogP contribution in [0.4, 0.5) is 0 Å². The summed E-state index contributed by atoms with van der Waals surface area (Å²) < 4.78 is 11.2. The van der Waals surface area contributed by atoms with E-state index in [1.165, 1.54) is 33.4 Å². The van der Waals surface area contributed by atoms with Crippen molar-refractivity contribution >= 4 is 23.4 Å². The molecule has 2 nitrogen and oxygen atoms in total. The minimum absolute atomic E-state index is 0. The third-order valence-corrected chi connectivity index (χ3v) is 8.47. The summed E-state index contributed by atoms with van der Waals surface area (Å²) in [5.41, 5.74) is 10.8. The Morgan fingerprint density at radius 2 is 1.76 bits per heavy atom. The normalized spacial score (nSPS) is 19.1. The van der Waals surface area contributed by atoms with Crippen LogP contribution in [0.3, 0.4) is 0 Å². The molecular weight excluding hydrogens is 472 g/mol. The van der Waals surface area contributed by atoms with Gasteiger partial charge in [-0.3, -0.25) is 0 Å². The number of allylic oxidation sites excluding steroid dienone is 4. The van der Waals surface area contributed by atoms with Crippen LogP contribution in [0.1, 0.15) is 85.9 Å². The van der Waals surface area contributed by atoms with E-state index in [1.807, 2.05) is 45.5 Å². The standard InChI is InChI=1S/C30H34O2S.2C2H6.2H2/c1-8-22-14-25(16-28(31-6)29(22)32-7)20(4)24-13-19(3)26(15-24)30-21(5)27(17-33-30)23-11-9-10-18(2)12-23;2*1-2;;/h8-14,16-17,20-21,30H,1,15H2,2-7H3;2*1-2H3;2*1H. The number of aryl methyl sites for hydroxylation is 1. The third-order valence-electron chi connectivity index (χ3n) is 7.09. The van der Waals surface area contributed by atoms with Crippen LogP contribution in [0.15, 0.2) is 71.2 Å². The minimum atomic E-state index is 0. The van der Waals surface area contributed by atoms with E-state index in [9.17, 15) is 0 Å². The molecule has 0 radical (unpaired) electrons. The monoisotopic (exact) mass is 522 g/mol. The van der Waals surface area contributed by atoms with Crippen LogP contribution >= 0.6 is 11.8 Å². The van der Waals surface area contributed by atoms with Crippen molar-refractivity contribution in [2.75, 3.05) is 14.2 Å². The fourth-order valence-electron chi connectivity index (χ4n) is 5.09. The zero-order valence-corrected chi connectivity index (χ0v) is 25.4. The second-order valence-electron chi connectivity index (χ2n) is 9.16. The van der Waals surface area contributed by atoms with Gasteiger partial charge in [0.05, 0.1) is 14.2 Å². The first-order valence-corrected chi connectivity index (χ1v) is 14.5. The average molecular weight is 523 g/mol. The van der Waals surface area contributed by atoms with E-state index in [0.29, 0.717) is 17.1 Å². The molecular formula is C34H50O2S. The highest BCUT2D eigenvalue weighted by Crippen LogP contribution is 2.49. The Morgan fingerprint density at radius 1 is 1.05 bits per heavy atom. The first kappa shape index (κ1) is 30.6. The molecule has 0 aromatic heterocycles. The van der Waals surface area contributed by atoms with Gasteiger partial charge in [-0.25, -0.2) is 0 Å². The van der Waals surface area contributed by atoms with E-state index in [4.69, 9.17) is 9.47 Å². The first-order valence-electron chi connectivity index (χ1n) is 13.6. The number of rotatable bonds is 7. The maximum Gasteiger partial charge on any atom is 0.167 e. The van der Waals surface area contributed by atoms with Crippen LogP contribution in [0.5, 0.6) is 11.5 Å². The molecule has 2 aromatic carbocycles. The molecule has 37 heavy (non-hydrogen) atoms. The Bertz CT molecular complexity index is 1180. The smallest absolute Gasteiger partial charge is 0.167 e. The van der Waals surface area contributed by atoms with Crippen molar-refractivity contribution in [3.8, 4) is 11.5 Å². The van der Waals surface area contributed by atoms with E-state index in [2.05, 4.69) is 82.2 Å². The number of thioether (sulfide) groups is 1. The zero-order valence-electron chi connectivity index (χ0n) is 24.6. The van der Waals surface area contributed by atoms with Crippen LogP contribution in [0.2, 0.25) is 0 Å². The second-order valence-corrected chi connectivity index (χ2v) is 10.2. The third kappa shape index (κ3) is 6.62. The Hall–Kier alpha value is -2.65. The molecule has 1 aliphatic heterocycles. The lowest BCUT2D eigenvalue weighted by atomic mass is 9.85. The van der Waals surface area contributed by atoms with Gasteiger partial charge in [-0.1, -0.05) is 101 Å². The fraction of sp³-hybridized carbons (Fsp3) is 0.412. The van der Waals surface area contributed by atoms with Gasteiger partial charge in [-0.05, 0) is 66.0 Å². The number of benzene rings is 2. The fourth-order valence-corrected chi connectivity index (χ4v) is 6.55. The van der Waals surface area contributed by atoms with Gasteiger partial charge in [0.25, 0.3) is 0 Å². The molecule has 0 spiro atoms. The molecule has 3 unspecified atom stereocenters. The van der Waals surface area contributed by atoms with E-state index >= 15 is 0 Å². The van der Waals surface area contributed by atoms with Gasteiger partial charge in [0, 0.05) is 19.6 Å². The first-order chi connectivity index (χ1) is 17.9.